The van der Waals surface area contributed by atoms with Crippen molar-refractivity contribution in [1.82, 2.24) is 14.7 Å². The Balaban J connectivity index is 1.72. The van der Waals surface area contributed by atoms with Crippen molar-refractivity contribution < 1.29 is 13.2 Å². The van der Waals surface area contributed by atoms with Gasteiger partial charge in [-0.1, -0.05) is 17.7 Å². The number of nitrogens with one attached hydrogen (secondary N) is 1. The quantitative estimate of drug-likeness (QED) is 0.660. The molecule has 1 aromatic heterocycles. The molecule has 0 radical (unpaired) electrons. The highest BCUT2D eigenvalue weighted by Gasteiger charge is 2.15. The Labute approximate surface area is 167 Å². The van der Waals surface area contributed by atoms with Crippen molar-refractivity contribution >= 4 is 21.6 Å². The molecule has 0 spiro atoms. The van der Waals surface area contributed by atoms with E-state index in [1.807, 2.05) is 6.07 Å². The van der Waals surface area contributed by atoms with Gasteiger partial charge >= 0.3 is 0 Å². The van der Waals surface area contributed by atoms with Gasteiger partial charge in [0.15, 0.2) is 0 Å². The van der Waals surface area contributed by atoms with Gasteiger partial charge in [0.05, 0.1) is 34.0 Å². The summed E-state index contributed by atoms with van der Waals surface area (Å²) in [5, 5.41) is 9.46. The van der Waals surface area contributed by atoms with Gasteiger partial charge in [-0.05, 0) is 43.3 Å². The van der Waals surface area contributed by atoms with E-state index in [0.717, 1.165) is 5.69 Å². The Bertz CT molecular complexity index is 1130. The molecule has 0 bridgehead atoms. The summed E-state index contributed by atoms with van der Waals surface area (Å²) in [6, 6.07) is 12.7. The van der Waals surface area contributed by atoms with E-state index in [1.54, 1.807) is 31.3 Å². The first-order valence-corrected chi connectivity index (χ1v) is 9.99. The smallest absolute Gasteiger partial charge is 0.240 e. The number of aryl methyl sites for hydroxylation is 1. The highest BCUT2D eigenvalue weighted by molar-refractivity contribution is 7.89. The lowest BCUT2D eigenvalue weighted by Gasteiger charge is -2.10. The van der Waals surface area contributed by atoms with E-state index < -0.39 is 10.0 Å². The summed E-state index contributed by atoms with van der Waals surface area (Å²) in [6.07, 6.45) is 3.09. The molecule has 0 aliphatic carbocycles. The number of sulfonamides is 1. The largest absolute Gasteiger partial charge is 0.456 e. The summed E-state index contributed by atoms with van der Waals surface area (Å²) >= 11 is 5.98. The summed E-state index contributed by atoms with van der Waals surface area (Å²) in [6.45, 7) is 1.83. The van der Waals surface area contributed by atoms with Crippen molar-refractivity contribution in [3.8, 4) is 17.6 Å². The fourth-order valence-electron chi connectivity index (χ4n) is 2.27. The lowest BCUT2D eigenvalue weighted by atomic mass is 10.2. The van der Waals surface area contributed by atoms with Gasteiger partial charge < -0.3 is 4.74 Å². The zero-order valence-corrected chi connectivity index (χ0v) is 16.3. The number of benzene rings is 2. The van der Waals surface area contributed by atoms with Crippen LogP contribution in [-0.2, 0) is 16.6 Å². The van der Waals surface area contributed by atoms with Crippen molar-refractivity contribution in [3.63, 3.8) is 0 Å². The van der Waals surface area contributed by atoms with E-state index in [9.17, 15) is 13.7 Å². The normalized spacial score (nSPS) is 11.0. The van der Waals surface area contributed by atoms with Crippen LogP contribution in [0.5, 0.6) is 11.5 Å². The molecule has 0 unspecified atom stereocenters. The van der Waals surface area contributed by atoms with Crippen LogP contribution < -0.4 is 9.46 Å². The molecule has 3 rings (SSSR count). The maximum absolute atomic E-state index is 12.4. The first-order chi connectivity index (χ1) is 13.4. The van der Waals surface area contributed by atoms with Crippen LogP contribution >= 0.6 is 11.6 Å². The van der Waals surface area contributed by atoms with Crippen LogP contribution in [0.4, 0.5) is 0 Å². The number of aromatic nitrogens is 2. The maximum Gasteiger partial charge on any atom is 0.240 e. The first kappa shape index (κ1) is 19.8. The molecule has 2 aromatic carbocycles. The van der Waals surface area contributed by atoms with Crippen LogP contribution in [0.3, 0.4) is 0 Å². The average molecular weight is 415 g/mol. The number of hydrogen-bond acceptors (Lipinski definition) is 6. The number of nitriles is 1. The predicted octanol–water partition coefficient (Wildman–Crippen LogP) is 3.58. The Morgan fingerprint density at radius 3 is 2.54 bits per heavy atom. The van der Waals surface area contributed by atoms with Crippen LogP contribution in [0.2, 0.25) is 5.02 Å². The number of rotatable bonds is 6. The van der Waals surface area contributed by atoms with Gasteiger partial charge in [0.2, 0.25) is 10.0 Å². The van der Waals surface area contributed by atoms with Crippen molar-refractivity contribution in [2.45, 2.75) is 18.4 Å². The molecule has 3 aromatic rings. The van der Waals surface area contributed by atoms with Crippen LogP contribution in [0, 0.1) is 18.3 Å². The van der Waals surface area contributed by atoms with Gasteiger partial charge in [0.25, 0.3) is 0 Å². The third-order valence-electron chi connectivity index (χ3n) is 3.73. The third kappa shape index (κ3) is 4.64. The lowest BCUT2D eigenvalue weighted by molar-refractivity contribution is 0.480. The lowest BCUT2D eigenvalue weighted by Crippen LogP contribution is -2.23. The number of ether oxygens (including phenoxy) is 1. The minimum Gasteiger partial charge on any atom is -0.456 e. The minimum atomic E-state index is -3.72. The van der Waals surface area contributed by atoms with Crippen LogP contribution in [0.25, 0.3) is 0 Å². The van der Waals surface area contributed by atoms with Crippen LogP contribution in [0.15, 0.2) is 59.8 Å². The summed E-state index contributed by atoms with van der Waals surface area (Å²) in [5.74, 6) is 0.670. The molecule has 0 saturated carbocycles. The van der Waals surface area contributed by atoms with Gasteiger partial charge in [-0.3, -0.25) is 9.97 Å². The zero-order valence-electron chi connectivity index (χ0n) is 14.8. The monoisotopic (exact) mass is 414 g/mol. The van der Waals surface area contributed by atoms with E-state index >= 15 is 0 Å². The second-order valence-corrected chi connectivity index (χ2v) is 7.95. The fraction of sp³-hybridized carbons (Fsp3) is 0.105. The van der Waals surface area contributed by atoms with Crippen molar-refractivity contribution in [3.05, 3.63) is 76.8 Å². The van der Waals surface area contributed by atoms with E-state index in [-0.39, 0.29) is 22.0 Å². The van der Waals surface area contributed by atoms with E-state index in [0.29, 0.717) is 17.2 Å². The van der Waals surface area contributed by atoms with E-state index in [2.05, 4.69) is 14.7 Å². The van der Waals surface area contributed by atoms with Gasteiger partial charge in [0, 0.05) is 6.20 Å². The highest BCUT2D eigenvalue weighted by atomic mass is 35.5. The number of hydrogen-bond donors (Lipinski definition) is 1. The Morgan fingerprint density at radius 2 is 1.89 bits per heavy atom. The van der Waals surface area contributed by atoms with Gasteiger partial charge in [-0.25, -0.2) is 13.1 Å². The molecule has 7 nitrogen and oxygen atoms in total. The molecule has 0 saturated heterocycles. The summed E-state index contributed by atoms with van der Waals surface area (Å²) in [4.78, 5) is 8.27. The molecule has 0 fully saturated rings. The molecule has 9 heteroatoms. The molecular formula is C19H15ClN4O3S. The van der Waals surface area contributed by atoms with Gasteiger partial charge in [-0.15, -0.1) is 0 Å². The zero-order chi connectivity index (χ0) is 20.1. The van der Waals surface area contributed by atoms with Crippen molar-refractivity contribution in [2.75, 3.05) is 0 Å². The second kappa shape index (κ2) is 8.35. The molecule has 0 amide bonds. The molecular weight excluding hydrogens is 400 g/mol. The molecule has 142 valence electrons. The molecule has 0 aliphatic heterocycles. The summed E-state index contributed by atoms with van der Waals surface area (Å²) < 4.78 is 33.0. The minimum absolute atomic E-state index is 0.0297. The molecule has 1 N–H and O–H groups in total. The molecule has 0 aliphatic rings. The summed E-state index contributed by atoms with van der Waals surface area (Å²) in [5.41, 5.74) is 1.47. The SMILES string of the molecule is Cc1cnc(CNS(=O)(=O)c2ccc(Oc3cccc(Cl)c3C#N)cc2)cn1. The van der Waals surface area contributed by atoms with E-state index in [1.165, 1.54) is 30.5 Å². The van der Waals surface area contributed by atoms with Gasteiger partial charge in [0.1, 0.15) is 23.1 Å². The summed E-state index contributed by atoms with van der Waals surface area (Å²) in [7, 11) is -3.72. The van der Waals surface area contributed by atoms with Crippen molar-refractivity contribution in [2.24, 2.45) is 0 Å². The predicted molar refractivity (Wildman–Crippen MR) is 103 cm³/mol. The number of nitrogens with zero attached hydrogens (tertiary/aromatic N) is 3. The van der Waals surface area contributed by atoms with E-state index in [4.69, 9.17) is 16.3 Å². The fourth-order valence-corrected chi connectivity index (χ4v) is 3.48. The Kier molecular flexibility index (Phi) is 5.90. The standard InChI is InChI=1S/C19H15ClN4O3S/c1-13-10-23-14(11-22-13)12-24-28(25,26)16-7-5-15(6-8-16)27-19-4-2-3-18(20)17(19)9-21/h2-8,10-11,24H,12H2,1H3. The second-order valence-electron chi connectivity index (χ2n) is 5.77. The van der Waals surface area contributed by atoms with Crippen molar-refractivity contribution in [1.29, 1.82) is 5.26 Å². The number of halogens is 1. The average Bonchev–Trinajstić information content (AvgIpc) is 2.68. The van der Waals surface area contributed by atoms with Gasteiger partial charge in [-0.2, -0.15) is 5.26 Å². The highest BCUT2D eigenvalue weighted by Crippen LogP contribution is 2.30. The van der Waals surface area contributed by atoms with Crippen LogP contribution in [-0.4, -0.2) is 18.4 Å². The molecule has 0 atom stereocenters. The Morgan fingerprint density at radius 1 is 1.14 bits per heavy atom. The maximum atomic E-state index is 12.4. The Hall–Kier alpha value is -2.99. The molecule has 28 heavy (non-hydrogen) atoms. The molecule has 1 heterocycles. The topological polar surface area (TPSA) is 105 Å². The van der Waals surface area contributed by atoms with Crippen LogP contribution in [0.1, 0.15) is 17.0 Å². The first-order valence-electron chi connectivity index (χ1n) is 8.13. The third-order valence-corrected chi connectivity index (χ3v) is 5.46.